The lowest BCUT2D eigenvalue weighted by molar-refractivity contribution is -0.115. The largest absolute Gasteiger partial charge is 0.338 e. The molecule has 2 fully saturated rings. The molecule has 3 heterocycles. The van der Waals surface area contributed by atoms with E-state index in [1.54, 1.807) is 18.3 Å². The minimum Gasteiger partial charge on any atom is -0.338 e. The van der Waals surface area contributed by atoms with Gasteiger partial charge in [0.25, 0.3) is 5.91 Å². The highest BCUT2D eigenvalue weighted by Crippen LogP contribution is 2.14. The van der Waals surface area contributed by atoms with Gasteiger partial charge in [-0.2, -0.15) is 0 Å². The third kappa shape index (κ3) is 3.48. The zero-order valence-electron chi connectivity index (χ0n) is 13.2. The van der Waals surface area contributed by atoms with Crippen molar-refractivity contribution in [3.63, 3.8) is 0 Å². The van der Waals surface area contributed by atoms with Crippen LogP contribution in [-0.2, 0) is 4.79 Å². The first kappa shape index (κ1) is 15.4. The monoisotopic (exact) mass is 316 g/mol. The summed E-state index contributed by atoms with van der Waals surface area (Å²) in [7, 11) is 0. The number of carbonyl (C=O) groups excluding carboxylic acids is 2. The molecule has 23 heavy (non-hydrogen) atoms. The van der Waals surface area contributed by atoms with Crippen LogP contribution in [0.3, 0.4) is 0 Å². The number of piperazine rings is 1. The summed E-state index contributed by atoms with van der Waals surface area (Å²) in [6.07, 6.45) is 3.22. The molecule has 2 aliphatic rings. The smallest absolute Gasteiger partial charge is 0.326 e. The number of aromatic nitrogens is 2. The molecule has 0 aliphatic carbocycles. The van der Waals surface area contributed by atoms with Crippen molar-refractivity contribution in [2.45, 2.75) is 19.9 Å². The van der Waals surface area contributed by atoms with Gasteiger partial charge in [-0.15, -0.1) is 0 Å². The van der Waals surface area contributed by atoms with Crippen molar-refractivity contribution in [3.05, 3.63) is 23.7 Å². The number of hydrogen-bond donors (Lipinski definition) is 2. The van der Waals surface area contributed by atoms with Gasteiger partial charge in [-0.1, -0.05) is 0 Å². The van der Waals surface area contributed by atoms with Crippen LogP contribution < -0.4 is 15.5 Å². The quantitative estimate of drug-likeness (QED) is 0.611. The minimum absolute atomic E-state index is 0.198. The Kier molecular flexibility index (Phi) is 4.24. The second-order valence-electron chi connectivity index (χ2n) is 5.86. The van der Waals surface area contributed by atoms with E-state index in [2.05, 4.69) is 44.2 Å². The Morgan fingerprint density at radius 2 is 1.91 bits per heavy atom. The molecule has 3 amide bonds. The Bertz CT molecular complexity index is 649. The van der Waals surface area contributed by atoms with Crippen LogP contribution in [0.15, 0.2) is 18.0 Å². The van der Waals surface area contributed by atoms with Crippen LogP contribution in [0.25, 0.3) is 6.08 Å². The van der Waals surface area contributed by atoms with Gasteiger partial charge in [-0.05, 0) is 26.0 Å². The second-order valence-corrected chi connectivity index (χ2v) is 5.86. The molecule has 0 radical (unpaired) electrons. The summed E-state index contributed by atoms with van der Waals surface area (Å²) in [4.78, 5) is 36.0. The standard InChI is InChI=1S/C15H20N6O2/c1-10(2)20-5-7-21(8-6-20)14-16-4-3-11(17-14)9-12-13(22)19-15(23)18-12/h3-4,9-10H,5-8H2,1-2H3,(H2,18,19,22,23)/b12-9-. The van der Waals surface area contributed by atoms with Gasteiger partial charge in [-0.3, -0.25) is 15.0 Å². The van der Waals surface area contributed by atoms with E-state index in [0.29, 0.717) is 17.7 Å². The second kappa shape index (κ2) is 6.33. The van der Waals surface area contributed by atoms with Crippen LogP contribution in [0.2, 0.25) is 0 Å². The molecule has 0 unspecified atom stereocenters. The van der Waals surface area contributed by atoms with Crippen molar-refractivity contribution in [1.29, 1.82) is 0 Å². The number of amides is 3. The molecule has 122 valence electrons. The van der Waals surface area contributed by atoms with Crippen LogP contribution >= 0.6 is 0 Å². The number of imide groups is 1. The summed E-state index contributed by atoms with van der Waals surface area (Å²) in [5.74, 6) is 0.202. The van der Waals surface area contributed by atoms with Gasteiger partial charge in [0.2, 0.25) is 5.95 Å². The molecule has 0 atom stereocenters. The van der Waals surface area contributed by atoms with Crippen molar-refractivity contribution >= 4 is 24.0 Å². The number of carbonyl (C=O) groups is 2. The van der Waals surface area contributed by atoms with Crippen LogP contribution in [0.1, 0.15) is 19.5 Å². The number of urea groups is 1. The predicted octanol–water partition coefficient (Wildman–Crippen LogP) is 0.187. The Morgan fingerprint density at radius 1 is 1.17 bits per heavy atom. The molecule has 2 saturated heterocycles. The van der Waals surface area contributed by atoms with E-state index < -0.39 is 11.9 Å². The van der Waals surface area contributed by atoms with Crippen LogP contribution in [0, 0.1) is 0 Å². The van der Waals surface area contributed by atoms with E-state index in [9.17, 15) is 9.59 Å². The van der Waals surface area contributed by atoms with Crippen molar-refractivity contribution < 1.29 is 9.59 Å². The van der Waals surface area contributed by atoms with Crippen molar-refractivity contribution in [2.75, 3.05) is 31.1 Å². The maximum atomic E-state index is 11.6. The first-order valence-corrected chi connectivity index (χ1v) is 7.69. The number of nitrogens with zero attached hydrogens (tertiary/aromatic N) is 4. The molecule has 0 saturated carbocycles. The fraction of sp³-hybridized carbons (Fsp3) is 0.467. The average Bonchev–Trinajstić information content (AvgIpc) is 2.85. The summed E-state index contributed by atoms with van der Waals surface area (Å²) in [5.41, 5.74) is 0.790. The molecule has 1 aromatic rings. The highest BCUT2D eigenvalue weighted by molar-refractivity contribution is 6.13. The highest BCUT2D eigenvalue weighted by atomic mass is 16.2. The maximum absolute atomic E-state index is 11.6. The third-order valence-corrected chi connectivity index (χ3v) is 4.00. The van der Waals surface area contributed by atoms with Gasteiger partial charge in [0.1, 0.15) is 5.70 Å². The zero-order valence-corrected chi connectivity index (χ0v) is 13.2. The van der Waals surface area contributed by atoms with Gasteiger partial charge in [-0.25, -0.2) is 14.8 Å². The number of anilines is 1. The molecule has 0 aromatic carbocycles. The number of nitrogens with one attached hydrogen (secondary N) is 2. The molecule has 2 N–H and O–H groups in total. The highest BCUT2D eigenvalue weighted by Gasteiger charge is 2.24. The molecule has 8 nitrogen and oxygen atoms in total. The number of rotatable bonds is 3. The van der Waals surface area contributed by atoms with Gasteiger partial charge in [0, 0.05) is 38.4 Å². The molecule has 2 aliphatic heterocycles. The molecule has 3 rings (SSSR count). The predicted molar refractivity (Wildman–Crippen MR) is 85.6 cm³/mol. The minimum atomic E-state index is -0.514. The van der Waals surface area contributed by atoms with E-state index in [1.807, 2.05) is 0 Å². The Morgan fingerprint density at radius 3 is 2.52 bits per heavy atom. The first-order chi connectivity index (χ1) is 11.0. The van der Waals surface area contributed by atoms with Gasteiger partial charge < -0.3 is 10.2 Å². The van der Waals surface area contributed by atoms with E-state index in [-0.39, 0.29) is 5.70 Å². The lowest BCUT2D eigenvalue weighted by atomic mass is 10.2. The van der Waals surface area contributed by atoms with Crippen molar-refractivity contribution in [3.8, 4) is 0 Å². The Hall–Kier alpha value is -2.48. The molecular formula is C15H20N6O2. The van der Waals surface area contributed by atoms with Gasteiger partial charge in [0.05, 0.1) is 5.69 Å². The van der Waals surface area contributed by atoms with E-state index in [0.717, 1.165) is 26.2 Å². The topological polar surface area (TPSA) is 90.5 Å². The fourth-order valence-electron chi connectivity index (χ4n) is 2.66. The fourth-order valence-corrected chi connectivity index (χ4v) is 2.66. The van der Waals surface area contributed by atoms with Crippen molar-refractivity contribution in [2.24, 2.45) is 0 Å². The Balaban J connectivity index is 1.72. The molecule has 8 heteroatoms. The van der Waals surface area contributed by atoms with E-state index in [1.165, 1.54) is 0 Å². The van der Waals surface area contributed by atoms with Gasteiger partial charge in [0.15, 0.2) is 0 Å². The lowest BCUT2D eigenvalue weighted by Crippen LogP contribution is -2.49. The summed E-state index contributed by atoms with van der Waals surface area (Å²) >= 11 is 0. The summed E-state index contributed by atoms with van der Waals surface area (Å²) in [6, 6.07) is 1.73. The van der Waals surface area contributed by atoms with Crippen LogP contribution in [0.5, 0.6) is 0 Å². The van der Waals surface area contributed by atoms with Gasteiger partial charge >= 0.3 is 6.03 Å². The van der Waals surface area contributed by atoms with E-state index in [4.69, 9.17) is 0 Å². The summed E-state index contributed by atoms with van der Waals surface area (Å²) in [5, 5.41) is 4.61. The average molecular weight is 316 g/mol. The molecule has 0 bridgehead atoms. The third-order valence-electron chi connectivity index (χ3n) is 4.00. The summed E-state index contributed by atoms with van der Waals surface area (Å²) < 4.78 is 0. The van der Waals surface area contributed by atoms with Crippen LogP contribution in [0.4, 0.5) is 10.7 Å². The van der Waals surface area contributed by atoms with Crippen LogP contribution in [-0.4, -0.2) is 59.0 Å². The molecule has 1 aromatic heterocycles. The maximum Gasteiger partial charge on any atom is 0.326 e. The molecule has 0 spiro atoms. The zero-order chi connectivity index (χ0) is 16.4. The Labute approximate surface area is 134 Å². The van der Waals surface area contributed by atoms with E-state index >= 15 is 0 Å². The van der Waals surface area contributed by atoms with Crippen molar-refractivity contribution in [1.82, 2.24) is 25.5 Å². The lowest BCUT2D eigenvalue weighted by Gasteiger charge is -2.36. The number of hydrogen-bond acceptors (Lipinski definition) is 6. The SMILES string of the molecule is CC(C)N1CCN(c2nccc(/C=C3\NC(=O)NC3=O)n2)CC1. The normalized spacial score (nSPS) is 21.0. The summed E-state index contributed by atoms with van der Waals surface area (Å²) in [6.45, 7) is 8.08. The first-order valence-electron chi connectivity index (χ1n) is 7.69. The molecular weight excluding hydrogens is 296 g/mol.